The van der Waals surface area contributed by atoms with Crippen LogP contribution in [-0.2, 0) is 0 Å². The van der Waals surface area contributed by atoms with E-state index in [1.165, 1.54) is 11.1 Å². The maximum Gasteiger partial charge on any atom is 0.0776 e. The second-order valence-electron chi connectivity index (χ2n) is 4.55. The number of aryl methyl sites for hydroxylation is 2. The molecule has 0 aliphatic carbocycles. The molecule has 0 nitrogen and oxygen atoms in total. The van der Waals surface area contributed by atoms with Gasteiger partial charge in [-0.1, -0.05) is 43.0 Å². The third-order valence-electron chi connectivity index (χ3n) is 2.37. The first-order chi connectivity index (χ1) is 5.41. The lowest BCUT2D eigenvalue weighted by Gasteiger charge is -2.17. The summed E-state index contributed by atoms with van der Waals surface area (Å²) in [5, 5.41) is 1.56. The van der Waals surface area contributed by atoms with Crippen molar-refractivity contribution in [2.24, 2.45) is 0 Å². The molecule has 0 fully saturated rings. The van der Waals surface area contributed by atoms with E-state index in [1.807, 2.05) is 0 Å². The molecular formula is C11H18MgSi. The molecule has 0 bridgehead atoms. The summed E-state index contributed by atoms with van der Waals surface area (Å²) in [4.78, 5) is 0. The molecule has 0 saturated carbocycles. The Morgan fingerprint density at radius 3 is 1.85 bits per heavy atom. The molecule has 13 heavy (non-hydrogen) atoms. The van der Waals surface area contributed by atoms with E-state index in [9.17, 15) is 0 Å². The Balaban J connectivity index is 0.00000144. The van der Waals surface area contributed by atoms with Crippen molar-refractivity contribution in [2.75, 3.05) is 0 Å². The average molecular weight is 203 g/mol. The standard InChI is InChI=1S/C11H18Si.Mg/c1-9-6-7-11(8-10(9)2)12(3,4)5;/h6-8H,1-5H3;. The smallest absolute Gasteiger partial charge is 0.0656 e. The highest BCUT2D eigenvalue weighted by Gasteiger charge is 2.15. The number of hydrogen-bond acceptors (Lipinski definition) is 0. The molecule has 0 aromatic heterocycles. The number of hydrogen-bond donors (Lipinski definition) is 0. The summed E-state index contributed by atoms with van der Waals surface area (Å²) in [5.41, 5.74) is 2.83. The van der Waals surface area contributed by atoms with Gasteiger partial charge in [0.05, 0.1) is 8.07 Å². The van der Waals surface area contributed by atoms with Crippen LogP contribution < -0.4 is 5.19 Å². The lowest BCUT2D eigenvalue weighted by Crippen LogP contribution is -2.37. The van der Waals surface area contributed by atoms with Crippen LogP contribution in [0.3, 0.4) is 0 Å². The summed E-state index contributed by atoms with van der Waals surface area (Å²) < 4.78 is 0. The maximum atomic E-state index is 2.39. The highest BCUT2D eigenvalue weighted by atomic mass is 28.3. The van der Waals surface area contributed by atoms with Crippen LogP contribution in [0.5, 0.6) is 0 Å². The Bertz CT molecular complexity index is 287. The minimum absolute atomic E-state index is 0. The van der Waals surface area contributed by atoms with E-state index in [4.69, 9.17) is 0 Å². The molecule has 1 aromatic carbocycles. The van der Waals surface area contributed by atoms with E-state index in [0.29, 0.717) is 0 Å². The molecule has 68 valence electrons. The first-order valence-electron chi connectivity index (χ1n) is 4.49. The van der Waals surface area contributed by atoms with Gasteiger partial charge in [-0.3, -0.25) is 0 Å². The van der Waals surface area contributed by atoms with Gasteiger partial charge >= 0.3 is 0 Å². The van der Waals surface area contributed by atoms with Gasteiger partial charge in [-0.15, -0.1) is 0 Å². The molecule has 0 saturated heterocycles. The van der Waals surface area contributed by atoms with E-state index in [2.05, 4.69) is 51.7 Å². The Hall–Kier alpha value is 0.203. The third-order valence-corrected chi connectivity index (χ3v) is 4.42. The average Bonchev–Trinajstić information content (AvgIpc) is 1.92. The number of benzene rings is 1. The zero-order valence-corrected chi connectivity index (χ0v) is 11.9. The summed E-state index contributed by atoms with van der Waals surface area (Å²) in [6, 6.07) is 6.87. The Kier molecular flexibility index (Phi) is 4.69. The fraction of sp³-hybridized carbons (Fsp3) is 0.455. The molecule has 0 N–H and O–H groups in total. The van der Waals surface area contributed by atoms with E-state index in [1.54, 1.807) is 5.19 Å². The predicted molar refractivity (Wildman–Crippen MR) is 64.7 cm³/mol. The van der Waals surface area contributed by atoms with Crippen molar-refractivity contribution in [1.29, 1.82) is 0 Å². The first-order valence-corrected chi connectivity index (χ1v) is 7.99. The summed E-state index contributed by atoms with van der Waals surface area (Å²) in [6.07, 6.45) is 0. The predicted octanol–water partition coefficient (Wildman–Crippen LogP) is 2.47. The normalized spacial score (nSPS) is 10.8. The monoisotopic (exact) mass is 202 g/mol. The van der Waals surface area contributed by atoms with Gasteiger partial charge in [0, 0.05) is 23.1 Å². The summed E-state index contributed by atoms with van der Waals surface area (Å²) >= 11 is 0. The molecule has 0 aliphatic heterocycles. The zero-order valence-electron chi connectivity index (χ0n) is 9.44. The molecule has 0 aliphatic rings. The fourth-order valence-corrected chi connectivity index (χ4v) is 2.44. The lowest BCUT2D eigenvalue weighted by molar-refractivity contribution is 1.35. The van der Waals surface area contributed by atoms with Crippen LogP contribution in [0.15, 0.2) is 18.2 Å². The highest BCUT2D eigenvalue weighted by molar-refractivity contribution is 6.88. The minimum Gasteiger partial charge on any atom is -0.0656 e. The van der Waals surface area contributed by atoms with Crippen LogP contribution in [0, 0.1) is 13.8 Å². The Morgan fingerprint density at radius 1 is 0.923 bits per heavy atom. The van der Waals surface area contributed by atoms with Crippen LogP contribution in [-0.4, -0.2) is 31.1 Å². The van der Waals surface area contributed by atoms with Crippen LogP contribution in [0.25, 0.3) is 0 Å². The van der Waals surface area contributed by atoms with Crippen molar-refractivity contribution in [1.82, 2.24) is 0 Å². The molecule has 0 atom stereocenters. The van der Waals surface area contributed by atoms with Crippen LogP contribution in [0.1, 0.15) is 11.1 Å². The van der Waals surface area contributed by atoms with E-state index >= 15 is 0 Å². The largest absolute Gasteiger partial charge is 0.0776 e. The molecule has 2 heteroatoms. The fourth-order valence-electron chi connectivity index (χ4n) is 1.21. The van der Waals surface area contributed by atoms with Gasteiger partial charge < -0.3 is 0 Å². The van der Waals surface area contributed by atoms with Crippen LogP contribution in [0.4, 0.5) is 0 Å². The molecule has 1 rings (SSSR count). The second kappa shape index (κ2) is 4.62. The molecular weight excluding hydrogens is 185 g/mol. The molecule has 2 radical (unpaired) electrons. The zero-order chi connectivity index (χ0) is 9.35. The SMILES string of the molecule is Cc1ccc([Si](C)(C)C)cc1C.[Mg]. The Labute approximate surface area is 98.9 Å². The molecule has 0 amide bonds. The van der Waals surface area contributed by atoms with Crippen LogP contribution in [0.2, 0.25) is 19.6 Å². The highest BCUT2D eigenvalue weighted by Crippen LogP contribution is 2.08. The Morgan fingerprint density at radius 2 is 1.46 bits per heavy atom. The van der Waals surface area contributed by atoms with Gasteiger partial charge in [-0.2, -0.15) is 0 Å². The first kappa shape index (κ1) is 13.2. The molecule has 0 unspecified atom stereocenters. The van der Waals surface area contributed by atoms with Gasteiger partial charge in [0.1, 0.15) is 0 Å². The van der Waals surface area contributed by atoms with Gasteiger partial charge in [-0.05, 0) is 25.0 Å². The van der Waals surface area contributed by atoms with Gasteiger partial charge in [-0.25, -0.2) is 0 Å². The van der Waals surface area contributed by atoms with Crippen molar-refractivity contribution in [3.05, 3.63) is 29.3 Å². The summed E-state index contributed by atoms with van der Waals surface area (Å²) in [5.74, 6) is 0. The maximum absolute atomic E-state index is 2.39. The van der Waals surface area contributed by atoms with Crippen molar-refractivity contribution in [3.8, 4) is 0 Å². The summed E-state index contributed by atoms with van der Waals surface area (Å²) in [6.45, 7) is 11.5. The molecule has 0 spiro atoms. The van der Waals surface area contributed by atoms with E-state index < -0.39 is 8.07 Å². The summed E-state index contributed by atoms with van der Waals surface area (Å²) in [7, 11) is -1.09. The molecule has 0 heterocycles. The minimum atomic E-state index is -1.09. The second-order valence-corrected chi connectivity index (χ2v) is 9.63. The van der Waals surface area contributed by atoms with Gasteiger partial charge in [0.25, 0.3) is 0 Å². The van der Waals surface area contributed by atoms with Crippen molar-refractivity contribution in [3.63, 3.8) is 0 Å². The lowest BCUT2D eigenvalue weighted by atomic mass is 10.1. The third kappa shape index (κ3) is 3.45. The van der Waals surface area contributed by atoms with Crippen LogP contribution >= 0.6 is 0 Å². The van der Waals surface area contributed by atoms with E-state index in [0.717, 1.165) is 0 Å². The quantitative estimate of drug-likeness (QED) is 0.614. The van der Waals surface area contributed by atoms with Gasteiger partial charge in [0.2, 0.25) is 0 Å². The van der Waals surface area contributed by atoms with E-state index in [-0.39, 0.29) is 23.1 Å². The van der Waals surface area contributed by atoms with Crippen molar-refractivity contribution < 1.29 is 0 Å². The van der Waals surface area contributed by atoms with Crippen molar-refractivity contribution in [2.45, 2.75) is 33.5 Å². The van der Waals surface area contributed by atoms with Gasteiger partial charge in [0.15, 0.2) is 0 Å². The van der Waals surface area contributed by atoms with Crippen molar-refractivity contribution >= 4 is 36.3 Å². The number of rotatable bonds is 1. The topological polar surface area (TPSA) is 0 Å². The molecule has 1 aromatic rings.